The lowest BCUT2D eigenvalue weighted by atomic mass is 9.81. The van der Waals surface area contributed by atoms with Gasteiger partial charge in [0.1, 0.15) is 0 Å². The van der Waals surface area contributed by atoms with Gasteiger partial charge in [0.25, 0.3) is 0 Å². The number of β-amino-alcohol motifs (C(OH)–C–C–N with tert-alkyl or cyclic N) is 1. The lowest BCUT2D eigenvalue weighted by molar-refractivity contribution is -0.141. The molecule has 18 heavy (non-hydrogen) atoms. The zero-order valence-electron chi connectivity index (χ0n) is 11.3. The van der Waals surface area contributed by atoms with Crippen molar-refractivity contribution in [3.63, 3.8) is 0 Å². The van der Waals surface area contributed by atoms with Crippen LogP contribution in [0, 0.1) is 17.8 Å². The van der Waals surface area contributed by atoms with Gasteiger partial charge in [-0.15, -0.1) is 0 Å². The molecular formula is C14H23NO3. The standard InChI is InChI=1S/C14H23NO3/c1-9(2)7-10(16)8-15-13(17)11-5-3-4-6-12(11)14(15)18/h9-12,16H,3-8H2,1-2H3. The maximum Gasteiger partial charge on any atom is 0.233 e. The Bertz CT molecular complexity index is 316. The van der Waals surface area contributed by atoms with Gasteiger partial charge in [0.15, 0.2) is 0 Å². The number of hydrogen-bond donors (Lipinski definition) is 1. The van der Waals surface area contributed by atoms with Gasteiger partial charge in [-0.2, -0.15) is 0 Å². The number of carbonyl (C=O) groups is 2. The van der Waals surface area contributed by atoms with Crippen LogP contribution in [0.15, 0.2) is 0 Å². The van der Waals surface area contributed by atoms with E-state index in [1.165, 1.54) is 4.90 Å². The Balaban J connectivity index is 2.00. The molecule has 4 heteroatoms. The fourth-order valence-electron chi connectivity index (χ4n) is 3.24. The van der Waals surface area contributed by atoms with E-state index in [9.17, 15) is 14.7 Å². The summed E-state index contributed by atoms with van der Waals surface area (Å²) < 4.78 is 0. The Hall–Kier alpha value is -0.900. The summed E-state index contributed by atoms with van der Waals surface area (Å²) in [5.41, 5.74) is 0. The molecule has 1 saturated heterocycles. The zero-order chi connectivity index (χ0) is 13.3. The van der Waals surface area contributed by atoms with Crippen LogP contribution in [0.2, 0.25) is 0 Å². The molecule has 4 nitrogen and oxygen atoms in total. The van der Waals surface area contributed by atoms with Crippen LogP contribution in [0.1, 0.15) is 46.0 Å². The number of aliphatic hydroxyl groups excluding tert-OH is 1. The quantitative estimate of drug-likeness (QED) is 0.774. The molecular weight excluding hydrogens is 230 g/mol. The fourth-order valence-corrected chi connectivity index (χ4v) is 3.24. The van der Waals surface area contributed by atoms with Crippen molar-refractivity contribution >= 4 is 11.8 Å². The van der Waals surface area contributed by atoms with E-state index in [1.807, 2.05) is 13.8 Å². The molecule has 0 aromatic rings. The van der Waals surface area contributed by atoms with Gasteiger partial charge in [-0.3, -0.25) is 14.5 Å². The molecule has 0 spiro atoms. The molecule has 2 rings (SSSR count). The average Bonchev–Trinajstić information content (AvgIpc) is 2.54. The van der Waals surface area contributed by atoms with Crippen LogP contribution in [-0.4, -0.2) is 34.5 Å². The Morgan fingerprint density at radius 3 is 2.11 bits per heavy atom. The van der Waals surface area contributed by atoms with E-state index in [-0.39, 0.29) is 30.2 Å². The van der Waals surface area contributed by atoms with Gasteiger partial charge >= 0.3 is 0 Å². The van der Waals surface area contributed by atoms with E-state index in [1.54, 1.807) is 0 Å². The van der Waals surface area contributed by atoms with Crippen LogP contribution in [-0.2, 0) is 9.59 Å². The molecule has 2 aliphatic rings. The van der Waals surface area contributed by atoms with Crippen LogP contribution < -0.4 is 0 Å². The number of carbonyl (C=O) groups excluding carboxylic acids is 2. The van der Waals surface area contributed by atoms with Gasteiger partial charge in [-0.25, -0.2) is 0 Å². The van der Waals surface area contributed by atoms with Crippen molar-refractivity contribution in [3.8, 4) is 0 Å². The highest BCUT2D eigenvalue weighted by molar-refractivity contribution is 6.05. The van der Waals surface area contributed by atoms with E-state index in [0.29, 0.717) is 12.3 Å². The highest BCUT2D eigenvalue weighted by Gasteiger charge is 2.48. The van der Waals surface area contributed by atoms with Gasteiger partial charge in [-0.05, 0) is 25.2 Å². The monoisotopic (exact) mass is 253 g/mol. The lowest BCUT2D eigenvalue weighted by Gasteiger charge is -2.20. The third-order valence-electron chi connectivity index (χ3n) is 4.07. The fraction of sp³-hybridized carbons (Fsp3) is 0.857. The molecule has 2 fully saturated rings. The molecule has 1 saturated carbocycles. The molecule has 0 radical (unpaired) electrons. The predicted molar refractivity (Wildman–Crippen MR) is 67.6 cm³/mol. The smallest absolute Gasteiger partial charge is 0.233 e. The minimum Gasteiger partial charge on any atom is -0.391 e. The van der Waals surface area contributed by atoms with Crippen molar-refractivity contribution in [2.75, 3.05) is 6.54 Å². The zero-order valence-corrected chi connectivity index (χ0v) is 11.3. The second-order valence-electron chi connectivity index (χ2n) is 6.07. The van der Waals surface area contributed by atoms with Gasteiger partial charge in [0.05, 0.1) is 24.5 Å². The first-order chi connectivity index (χ1) is 8.50. The molecule has 1 aliphatic carbocycles. The number of imide groups is 1. The molecule has 102 valence electrons. The summed E-state index contributed by atoms with van der Waals surface area (Å²) in [7, 11) is 0. The molecule has 3 unspecified atom stereocenters. The lowest BCUT2D eigenvalue weighted by Crippen LogP contribution is -2.38. The van der Waals surface area contributed by atoms with Crippen LogP contribution in [0.25, 0.3) is 0 Å². The summed E-state index contributed by atoms with van der Waals surface area (Å²) in [6.07, 6.45) is 3.81. The second-order valence-corrected chi connectivity index (χ2v) is 6.07. The number of aliphatic hydroxyl groups is 1. The van der Waals surface area contributed by atoms with E-state index in [4.69, 9.17) is 0 Å². The van der Waals surface area contributed by atoms with E-state index < -0.39 is 6.10 Å². The molecule has 1 aliphatic heterocycles. The Kier molecular flexibility index (Phi) is 4.05. The van der Waals surface area contributed by atoms with E-state index in [2.05, 4.69) is 0 Å². The molecule has 0 aromatic carbocycles. The molecule has 1 N–H and O–H groups in total. The average molecular weight is 253 g/mol. The van der Waals surface area contributed by atoms with Gasteiger partial charge in [-0.1, -0.05) is 26.7 Å². The number of rotatable bonds is 4. The first-order valence-electron chi connectivity index (χ1n) is 7.04. The maximum absolute atomic E-state index is 12.2. The van der Waals surface area contributed by atoms with Crippen LogP contribution in [0.4, 0.5) is 0 Å². The molecule has 0 aromatic heterocycles. The summed E-state index contributed by atoms with van der Waals surface area (Å²) in [4.78, 5) is 25.6. The highest BCUT2D eigenvalue weighted by atomic mass is 16.3. The normalized spacial score (nSPS) is 29.9. The van der Waals surface area contributed by atoms with Crippen molar-refractivity contribution in [1.82, 2.24) is 4.90 Å². The van der Waals surface area contributed by atoms with Crippen LogP contribution in [0.3, 0.4) is 0 Å². The van der Waals surface area contributed by atoms with Crippen molar-refractivity contribution in [3.05, 3.63) is 0 Å². The van der Waals surface area contributed by atoms with Crippen molar-refractivity contribution in [2.45, 2.75) is 52.1 Å². The SMILES string of the molecule is CC(C)CC(O)CN1C(=O)C2CCCCC2C1=O. The van der Waals surface area contributed by atoms with Gasteiger partial charge in [0.2, 0.25) is 11.8 Å². The minimum absolute atomic E-state index is 0.0486. The summed E-state index contributed by atoms with van der Waals surface area (Å²) in [6.45, 7) is 4.23. The number of amides is 2. The summed E-state index contributed by atoms with van der Waals surface area (Å²) in [5.74, 6) is 0.0742. The Morgan fingerprint density at radius 2 is 1.67 bits per heavy atom. The predicted octanol–water partition coefficient (Wildman–Crippen LogP) is 1.57. The number of hydrogen-bond acceptors (Lipinski definition) is 3. The topological polar surface area (TPSA) is 57.6 Å². The van der Waals surface area contributed by atoms with Gasteiger partial charge in [0, 0.05) is 0 Å². The van der Waals surface area contributed by atoms with Crippen molar-refractivity contribution in [2.24, 2.45) is 17.8 Å². The van der Waals surface area contributed by atoms with E-state index >= 15 is 0 Å². The second kappa shape index (κ2) is 5.39. The molecule has 1 heterocycles. The molecule has 2 amide bonds. The van der Waals surface area contributed by atoms with Crippen LogP contribution >= 0.6 is 0 Å². The van der Waals surface area contributed by atoms with Crippen LogP contribution in [0.5, 0.6) is 0 Å². The largest absolute Gasteiger partial charge is 0.391 e. The first-order valence-corrected chi connectivity index (χ1v) is 7.04. The van der Waals surface area contributed by atoms with E-state index in [0.717, 1.165) is 25.7 Å². The molecule has 0 bridgehead atoms. The number of likely N-dealkylation sites (tertiary alicyclic amines) is 1. The third kappa shape index (κ3) is 2.58. The highest BCUT2D eigenvalue weighted by Crippen LogP contribution is 2.38. The summed E-state index contributed by atoms with van der Waals surface area (Å²) >= 11 is 0. The third-order valence-corrected chi connectivity index (χ3v) is 4.07. The first kappa shape index (κ1) is 13.5. The molecule has 3 atom stereocenters. The number of fused-ring (bicyclic) bond motifs is 1. The Morgan fingerprint density at radius 1 is 1.17 bits per heavy atom. The maximum atomic E-state index is 12.2. The summed E-state index contributed by atoms with van der Waals surface area (Å²) in [5, 5.41) is 9.90. The van der Waals surface area contributed by atoms with Crippen molar-refractivity contribution < 1.29 is 14.7 Å². The Labute approximate surface area is 108 Å². The number of nitrogens with zero attached hydrogens (tertiary/aromatic N) is 1. The van der Waals surface area contributed by atoms with Gasteiger partial charge < -0.3 is 5.11 Å². The summed E-state index contributed by atoms with van der Waals surface area (Å²) in [6, 6.07) is 0. The minimum atomic E-state index is -0.585. The van der Waals surface area contributed by atoms with Crippen molar-refractivity contribution in [1.29, 1.82) is 0 Å².